The molecule has 1 atom stereocenters. The fourth-order valence-electron chi connectivity index (χ4n) is 6.07. The molecule has 1 fully saturated rings. The van der Waals surface area contributed by atoms with E-state index >= 15 is 0 Å². The minimum absolute atomic E-state index is 0.0408. The molecule has 2 amide bonds. The predicted molar refractivity (Wildman–Crippen MR) is 183 cm³/mol. The lowest BCUT2D eigenvalue weighted by Crippen LogP contribution is -2.54. The van der Waals surface area contributed by atoms with E-state index in [1.54, 1.807) is 42.5 Å². The van der Waals surface area contributed by atoms with Gasteiger partial charge in [-0.25, -0.2) is 8.42 Å². The molecule has 1 aliphatic carbocycles. The second-order valence-corrected chi connectivity index (χ2v) is 14.3. The number of sulfonamides is 1. The molecule has 0 radical (unpaired) electrons. The van der Waals surface area contributed by atoms with E-state index in [9.17, 15) is 18.0 Å². The molecule has 5 rings (SSSR count). The summed E-state index contributed by atoms with van der Waals surface area (Å²) >= 11 is 6.35. The average molecular weight is 658 g/mol. The van der Waals surface area contributed by atoms with Gasteiger partial charge in [0.05, 0.1) is 10.6 Å². The molecular formula is C37H40ClN3O4S. The number of rotatable bonds is 12. The summed E-state index contributed by atoms with van der Waals surface area (Å²) in [7, 11) is -4.16. The van der Waals surface area contributed by atoms with Crippen molar-refractivity contribution in [2.45, 2.75) is 69.5 Å². The lowest BCUT2D eigenvalue weighted by molar-refractivity contribution is -0.140. The number of amides is 2. The van der Waals surface area contributed by atoms with Crippen molar-refractivity contribution in [3.63, 3.8) is 0 Å². The van der Waals surface area contributed by atoms with Gasteiger partial charge in [-0.3, -0.25) is 13.9 Å². The second kappa shape index (κ2) is 15.0. The van der Waals surface area contributed by atoms with Crippen LogP contribution in [0.15, 0.2) is 108 Å². The molecule has 1 aliphatic rings. The van der Waals surface area contributed by atoms with Gasteiger partial charge in [0.15, 0.2) is 0 Å². The molecule has 46 heavy (non-hydrogen) atoms. The molecular weight excluding hydrogens is 618 g/mol. The maximum Gasteiger partial charge on any atom is 0.264 e. The molecule has 0 unspecified atom stereocenters. The summed E-state index contributed by atoms with van der Waals surface area (Å²) in [5.41, 5.74) is 3.71. The summed E-state index contributed by atoms with van der Waals surface area (Å²) in [5, 5.41) is 3.70. The van der Waals surface area contributed by atoms with Crippen LogP contribution in [0, 0.1) is 13.8 Å². The predicted octanol–water partition coefficient (Wildman–Crippen LogP) is 6.85. The first-order valence-electron chi connectivity index (χ1n) is 15.6. The average Bonchev–Trinajstić information content (AvgIpc) is 3.56. The van der Waals surface area contributed by atoms with E-state index in [1.165, 1.54) is 21.3 Å². The molecule has 0 aromatic heterocycles. The quantitative estimate of drug-likeness (QED) is 0.181. The molecule has 1 saturated carbocycles. The van der Waals surface area contributed by atoms with Crippen LogP contribution in [0.2, 0.25) is 5.02 Å². The third-order valence-corrected chi connectivity index (χ3v) is 10.5. The van der Waals surface area contributed by atoms with Gasteiger partial charge in [0.25, 0.3) is 10.0 Å². The minimum atomic E-state index is -4.16. The summed E-state index contributed by atoms with van der Waals surface area (Å²) in [5.74, 6) is -0.753. The van der Waals surface area contributed by atoms with Crippen LogP contribution in [-0.2, 0) is 32.6 Å². The number of anilines is 1. The molecule has 0 heterocycles. The van der Waals surface area contributed by atoms with E-state index < -0.39 is 28.5 Å². The topological polar surface area (TPSA) is 86.8 Å². The standard InChI is InChI=1S/C37H40ClN3O4S/c1-27-20-21-34(28(2)22-27)41(46(44,45)33-18-7-4-8-19-33)26-36(42)40(25-30-14-11-15-31(38)23-30)35(24-29-12-5-3-6-13-29)37(43)39-32-16-9-10-17-32/h3-8,11-15,18-23,32,35H,9-10,16-17,24-26H2,1-2H3,(H,39,43)/t35-/m1/s1. The maximum atomic E-state index is 14.7. The zero-order valence-corrected chi connectivity index (χ0v) is 27.8. The Morgan fingerprint density at radius 1 is 0.848 bits per heavy atom. The smallest absolute Gasteiger partial charge is 0.264 e. The van der Waals surface area contributed by atoms with Gasteiger partial charge in [0.1, 0.15) is 12.6 Å². The molecule has 0 spiro atoms. The van der Waals surface area contributed by atoms with Gasteiger partial charge in [0, 0.05) is 24.0 Å². The fraction of sp³-hybridized carbons (Fsp3) is 0.297. The van der Waals surface area contributed by atoms with E-state index in [-0.39, 0.29) is 29.8 Å². The Labute approximate surface area is 277 Å². The number of carbonyl (C=O) groups excluding carboxylic acids is 2. The van der Waals surface area contributed by atoms with Gasteiger partial charge in [-0.15, -0.1) is 0 Å². The first-order valence-corrected chi connectivity index (χ1v) is 17.5. The summed E-state index contributed by atoms with van der Waals surface area (Å²) in [6.45, 7) is 3.34. The largest absolute Gasteiger partial charge is 0.352 e. The Hall–Kier alpha value is -4.14. The first kappa shape index (κ1) is 33.2. The Bertz CT molecular complexity index is 1760. The van der Waals surface area contributed by atoms with E-state index in [0.717, 1.165) is 42.4 Å². The summed E-state index contributed by atoms with van der Waals surface area (Å²) in [4.78, 5) is 30.3. The van der Waals surface area contributed by atoms with Crippen LogP contribution in [0.1, 0.15) is 47.9 Å². The molecule has 0 saturated heterocycles. The molecule has 0 aliphatic heterocycles. The van der Waals surface area contributed by atoms with E-state index in [4.69, 9.17) is 11.6 Å². The number of nitrogens with zero attached hydrogens (tertiary/aromatic N) is 2. The van der Waals surface area contributed by atoms with Crippen LogP contribution in [-0.4, -0.2) is 43.8 Å². The summed E-state index contributed by atoms with van der Waals surface area (Å²) in [6, 6.07) is 29.4. The number of halogens is 1. The van der Waals surface area contributed by atoms with E-state index in [1.807, 2.05) is 62.4 Å². The Balaban J connectivity index is 1.58. The monoisotopic (exact) mass is 657 g/mol. The molecule has 1 N–H and O–H groups in total. The third kappa shape index (κ3) is 8.17. The normalized spacial score (nSPS) is 14.1. The highest BCUT2D eigenvalue weighted by molar-refractivity contribution is 7.92. The number of benzene rings is 4. The van der Waals surface area contributed by atoms with Gasteiger partial charge in [-0.05, 0) is 73.7 Å². The van der Waals surface area contributed by atoms with Crippen molar-refractivity contribution in [3.8, 4) is 0 Å². The highest BCUT2D eigenvalue weighted by Crippen LogP contribution is 2.29. The molecule has 4 aromatic carbocycles. The number of aryl methyl sites for hydroxylation is 2. The van der Waals surface area contributed by atoms with Gasteiger partial charge < -0.3 is 10.2 Å². The maximum absolute atomic E-state index is 14.7. The van der Waals surface area contributed by atoms with Crippen molar-refractivity contribution < 1.29 is 18.0 Å². The zero-order chi connectivity index (χ0) is 32.7. The second-order valence-electron chi connectivity index (χ2n) is 12.0. The third-order valence-electron chi connectivity index (χ3n) is 8.45. The molecule has 240 valence electrons. The van der Waals surface area contributed by atoms with Gasteiger partial charge in [0.2, 0.25) is 11.8 Å². The van der Waals surface area contributed by atoms with Crippen molar-refractivity contribution in [2.75, 3.05) is 10.8 Å². The molecule has 7 nitrogen and oxygen atoms in total. The van der Waals surface area contributed by atoms with Crippen LogP contribution in [0.4, 0.5) is 5.69 Å². The number of hydrogen-bond donors (Lipinski definition) is 1. The number of nitrogens with one attached hydrogen (secondary N) is 1. The minimum Gasteiger partial charge on any atom is -0.352 e. The Morgan fingerprint density at radius 2 is 1.50 bits per heavy atom. The van der Waals surface area contributed by atoms with Gasteiger partial charge >= 0.3 is 0 Å². The SMILES string of the molecule is Cc1ccc(N(CC(=O)N(Cc2cccc(Cl)c2)[C@H](Cc2ccccc2)C(=O)NC2CCCC2)S(=O)(=O)c2ccccc2)c(C)c1. The van der Waals surface area contributed by atoms with Crippen molar-refractivity contribution in [2.24, 2.45) is 0 Å². The first-order chi connectivity index (χ1) is 22.1. The Kier molecular flexibility index (Phi) is 10.8. The molecule has 4 aromatic rings. The van der Waals surface area contributed by atoms with Crippen LogP contribution >= 0.6 is 11.6 Å². The van der Waals surface area contributed by atoms with E-state index in [2.05, 4.69) is 5.32 Å². The summed E-state index contributed by atoms with van der Waals surface area (Å²) in [6.07, 6.45) is 4.13. The van der Waals surface area contributed by atoms with Crippen molar-refractivity contribution in [3.05, 3.63) is 130 Å². The van der Waals surface area contributed by atoms with Crippen molar-refractivity contribution in [1.29, 1.82) is 0 Å². The number of carbonyl (C=O) groups is 2. The zero-order valence-electron chi connectivity index (χ0n) is 26.2. The van der Waals surface area contributed by atoms with Crippen molar-refractivity contribution in [1.82, 2.24) is 10.2 Å². The van der Waals surface area contributed by atoms with Crippen LogP contribution in [0.3, 0.4) is 0 Å². The highest BCUT2D eigenvalue weighted by atomic mass is 35.5. The van der Waals surface area contributed by atoms with Gasteiger partial charge in [-0.1, -0.05) is 103 Å². The van der Waals surface area contributed by atoms with Crippen molar-refractivity contribution >= 4 is 39.1 Å². The lowest BCUT2D eigenvalue weighted by atomic mass is 10.0. The lowest BCUT2D eigenvalue weighted by Gasteiger charge is -2.34. The van der Waals surface area contributed by atoms with Crippen LogP contribution in [0.25, 0.3) is 0 Å². The van der Waals surface area contributed by atoms with Crippen LogP contribution < -0.4 is 9.62 Å². The number of hydrogen-bond acceptors (Lipinski definition) is 4. The Morgan fingerprint density at radius 3 is 2.15 bits per heavy atom. The highest BCUT2D eigenvalue weighted by Gasteiger charge is 2.36. The van der Waals surface area contributed by atoms with Gasteiger partial charge in [-0.2, -0.15) is 0 Å². The fourth-order valence-corrected chi connectivity index (χ4v) is 7.78. The van der Waals surface area contributed by atoms with E-state index in [0.29, 0.717) is 16.3 Å². The summed E-state index contributed by atoms with van der Waals surface area (Å²) < 4.78 is 29.6. The van der Waals surface area contributed by atoms with Crippen LogP contribution in [0.5, 0.6) is 0 Å². The molecule has 9 heteroatoms. The molecule has 0 bridgehead atoms.